The molecule has 82 valence electrons. The SMILES string of the molecule is COCOc1c(Cl)ccc(C(=O)O)c1F. The van der Waals surface area contributed by atoms with Gasteiger partial charge < -0.3 is 14.6 Å². The Labute approximate surface area is 90.2 Å². The zero-order chi connectivity index (χ0) is 11.4. The average Bonchev–Trinajstić information content (AvgIpc) is 2.17. The zero-order valence-electron chi connectivity index (χ0n) is 7.79. The molecule has 4 nitrogen and oxygen atoms in total. The predicted molar refractivity (Wildman–Crippen MR) is 50.9 cm³/mol. The summed E-state index contributed by atoms with van der Waals surface area (Å²) >= 11 is 5.63. The summed E-state index contributed by atoms with van der Waals surface area (Å²) in [7, 11) is 1.35. The van der Waals surface area contributed by atoms with Crippen LogP contribution in [0.2, 0.25) is 5.02 Å². The molecule has 0 unspecified atom stereocenters. The van der Waals surface area contributed by atoms with Gasteiger partial charge in [0.1, 0.15) is 0 Å². The van der Waals surface area contributed by atoms with Crippen LogP contribution in [0.5, 0.6) is 5.75 Å². The van der Waals surface area contributed by atoms with Gasteiger partial charge in [0.15, 0.2) is 18.4 Å². The van der Waals surface area contributed by atoms with Crippen molar-refractivity contribution in [2.75, 3.05) is 13.9 Å². The van der Waals surface area contributed by atoms with Gasteiger partial charge in [-0.15, -0.1) is 0 Å². The van der Waals surface area contributed by atoms with Crippen LogP contribution in [0, 0.1) is 5.82 Å². The number of carbonyl (C=O) groups is 1. The van der Waals surface area contributed by atoms with Crippen molar-refractivity contribution in [3.63, 3.8) is 0 Å². The van der Waals surface area contributed by atoms with E-state index in [0.29, 0.717) is 0 Å². The second kappa shape index (κ2) is 4.95. The molecule has 0 aliphatic heterocycles. The summed E-state index contributed by atoms with van der Waals surface area (Å²) in [5.74, 6) is -2.71. The Hall–Kier alpha value is -1.33. The molecule has 0 saturated carbocycles. The van der Waals surface area contributed by atoms with Crippen molar-refractivity contribution in [1.82, 2.24) is 0 Å². The van der Waals surface area contributed by atoms with Crippen molar-refractivity contribution in [2.24, 2.45) is 0 Å². The van der Waals surface area contributed by atoms with Crippen LogP contribution in [0.25, 0.3) is 0 Å². The van der Waals surface area contributed by atoms with E-state index >= 15 is 0 Å². The van der Waals surface area contributed by atoms with Gasteiger partial charge in [-0.05, 0) is 12.1 Å². The van der Waals surface area contributed by atoms with Gasteiger partial charge >= 0.3 is 5.97 Å². The van der Waals surface area contributed by atoms with Crippen LogP contribution in [0.15, 0.2) is 12.1 Å². The normalized spacial score (nSPS) is 10.1. The van der Waals surface area contributed by atoms with Gasteiger partial charge in [-0.1, -0.05) is 11.6 Å². The number of halogens is 2. The Morgan fingerprint density at radius 1 is 1.60 bits per heavy atom. The Bertz CT molecular complexity index is 381. The molecular weight excluding hydrogens is 227 g/mol. The molecule has 0 aromatic heterocycles. The van der Waals surface area contributed by atoms with E-state index in [4.69, 9.17) is 21.4 Å². The van der Waals surface area contributed by atoms with Crippen molar-refractivity contribution in [3.05, 3.63) is 28.5 Å². The monoisotopic (exact) mass is 234 g/mol. The molecule has 0 aliphatic carbocycles. The third kappa shape index (κ3) is 2.57. The highest BCUT2D eigenvalue weighted by molar-refractivity contribution is 6.32. The summed E-state index contributed by atoms with van der Waals surface area (Å²) in [6.07, 6.45) is 0. The van der Waals surface area contributed by atoms with Gasteiger partial charge in [0.05, 0.1) is 10.6 Å². The van der Waals surface area contributed by atoms with Crippen LogP contribution >= 0.6 is 11.6 Å². The van der Waals surface area contributed by atoms with Gasteiger partial charge in [0, 0.05) is 7.11 Å². The predicted octanol–water partition coefficient (Wildman–Crippen LogP) is 2.16. The highest BCUT2D eigenvalue weighted by Gasteiger charge is 2.18. The largest absolute Gasteiger partial charge is 0.478 e. The number of benzene rings is 1. The molecule has 0 spiro atoms. The number of methoxy groups -OCH3 is 1. The fourth-order valence-electron chi connectivity index (χ4n) is 0.948. The van der Waals surface area contributed by atoms with Crippen molar-refractivity contribution < 1.29 is 23.8 Å². The molecule has 0 saturated heterocycles. The number of hydrogen-bond acceptors (Lipinski definition) is 3. The van der Waals surface area contributed by atoms with E-state index in [1.807, 2.05) is 0 Å². The van der Waals surface area contributed by atoms with Gasteiger partial charge in [-0.2, -0.15) is 0 Å². The van der Waals surface area contributed by atoms with E-state index in [1.54, 1.807) is 0 Å². The van der Waals surface area contributed by atoms with E-state index in [2.05, 4.69) is 4.74 Å². The Balaban J connectivity index is 3.12. The zero-order valence-corrected chi connectivity index (χ0v) is 8.55. The van der Waals surface area contributed by atoms with Crippen LogP contribution < -0.4 is 4.74 Å². The molecule has 0 amide bonds. The minimum Gasteiger partial charge on any atom is -0.478 e. The second-order valence-corrected chi connectivity index (χ2v) is 3.00. The summed E-state index contributed by atoms with van der Waals surface area (Å²) in [6, 6.07) is 2.32. The van der Waals surface area contributed by atoms with Crippen LogP contribution in [0.3, 0.4) is 0 Å². The minimum atomic E-state index is -1.38. The molecule has 0 radical (unpaired) electrons. The van der Waals surface area contributed by atoms with Gasteiger partial charge in [-0.3, -0.25) is 0 Å². The molecule has 0 aliphatic rings. The standard InChI is InChI=1S/C9H8ClFO4/c1-14-4-15-8-6(10)3-2-5(7(8)11)9(12)13/h2-3H,4H2,1H3,(H,12,13). The maximum atomic E-state index is 13.5. The topological polar surface area (TPSA) is 55.8 Å². The van der Waals surface area contributed by atoms with E-state index in [9.17, 15) is 9.18 Å². The van der Waals surface area contributed by atoms with Crippen LogP contribution in [-0.4, -0.2) is 25.0 Å². The maximum absolute atomic E-state index is 13.5. The fourth-order valence-corrected chi connectivity index (χ4v) is 1.15. The first kappa shape index (κ1) is 11.7. The van der Waals surface area contributed by atoms with E-state index in [-0.39, 0.29) is 17.6 Å². The molecule has 1 N–H and O–H groups in total. The summed E-state index contributed by atoms with van der Waals surface area (Å²) < 4.78 is 22.8. The smallest absolute Gasteiger partial charge is 0.338 e. The maximum Gasteiger partial charge on any atom is 0.338 e. The Kier molecular flexibility index (Phi) is 3.88. The fraction of sp³-hybridized carbons (Fsp3) is 0.222. The second-order valence-electron chi connectivity index (χ2n) is 2.59. The van der Waals surface area contributed by atoms with Crippen molar-refractivity contribution in [1.29, 1.82) is 0 Å². The number of rotatable bonds is 4. The molecule has 0 fully saturated rings. The van der Waals surface area contributed by atoms with E-state index in [1.165, 1.54) is 13.2 Å². The van der Waals surface area contributed by atoms with Crippen molar-refractivity contribution >= 4 is 17.6 Å². The molecular formula is C9H8ClFO4. The summed E-state index contributed by atoms with van der Waals surface area (Å²) in [5.41, 5.74) is -0.495. The van der Waals surface area contributed by atoms with E-state index in [0.717, 1.165) is 6.07 Å². The van der Waals surface area contributed by atoms with E-state index < -0.39 is 17.3 Å². The lowest BCUT2D eigenvalue weighted by Gasteiger charge is -2.09. The minimum absolute atomic E-state index is 0.00505. The number of carboxylic acids is 1. The molecule has 0 bridgehead atoms. The first-order chi connectivity index (χ1) is 7.07. The molecule has 15 heavy (non-hydrogen) atoms. The summed E-state index contributed by atoms with van der Waals surface area (Å²) in [6.45, 7) is -0.209. The first-order valence-electron chi connectivity index (χ1n) is 3.91. The van der Waals surface area contributed by atoms with Gasteiger partial charge in [0.25, 0.3) is 0 Å². The summed E-state index contributed by atoms with van der Waals surface area (Å²) in [4.78, 5) is 10.6. The molecule has 1 aromatic carbocycles. The Morgan fingerprint density at radius 2 is 2.27 bits per heavy atom. The molecule has 6 heteroatoms. The number of aromatic carboxylic acids is 1. The van der Waals surface area contributed by atoms with Crippen molar-refractivity contribution in [3.8, 4) is 5.75 Å². The highest BCUT2D eigenvalue weighted by Crippen LogP contribution is 2.30. The molecule has 1 rings (SSSR count). The quantitative estimate of drug-likeness (QED) is 0.811. The summed E-state index contributed by atoms with van der Waals surface area (Å²) in [5, 5.41) is 8.63. The van der Waals surface area contributed by atoms with Gasteiger partial charge in [0.2, 0.25) is 0 Å². The van der Waals surface area contributed by atoms with Gasteiger partial charge in [-0.25, -0.2) is 9.18 Å². The third-order valence-corrected chi connectivity index (χ3v) is 1.90. The number of hydrogen-bond donors (Lipinski definition) is 1. The lowest BCUT2D eigenvalue weighted by atomic mass is 10.2. The van der Waals surface area contributed by atoms with Crippen molar-refractivity contribution in [2.45, 2.75) is 0 Å². The highest BCUT2D eigenvalue weighted by atomic mass is 35.5. The first-order valence-corrected chi connectivity index (χ1v) is 4.28. The number of ether oxygens (including phenoxy) is 2. The number of carboxylic acid groups (broad SMARTS) is 1. The molecule has 1 aromatic rings. The lowest BCUT2D eigenvalue weighted by Crippen LogP contribution is -2.06. The van der Waals surface area contributed by atoms with Crippen LogP contribution in [-0.2, 0) is 4.74 Å². The van der Waals surface area contributed by atoms with Crippen LogP contribution in [0.4, 0.5) is 4.39 Å². The lowest BCUT2D eigenvalue weighted by molar-refractivity contribution is 0.0477. The molecule has 0 heterocycles. The Morgan fingerprint density at radius 3 is 2.80 bits per heavy atom. The average molecular weight is 235 g/mol. The third-order valence-electron chi connectivity index (χ3n) is 1.60. The van der Waals surface area contributed by atoms with Crippen LogP contribution in [0.1, 0.15) is 10.4 Å². The molecule has 0 atom stereocenters.